The average molecular weight is 384 g/mol. The minimum atomic E-state index is -3.11. The quantitative estimate of drug-likeness (QED) is 0.881. The highest BCUT2D eigenvalue weighted by molar-refractivity contribution is 6.30. The van der Waals surface area contributed by atoms with Gasteiger partial charge in [-0.25, -0.2) is 13.5 Å². The molecule has 1 aliphatic rings. The molecule has 1 aliphatic heterocycles. The van der Waals surface area contributed by atoms with E-state index in [-0.39, 0.29) is 5.92 Å². The Kier molecular flexibility index (Phi) is 5.29. The highest BCUT2D eigenvalue weighted by Gasteiger charge is 2.44. The Morgan fingerprint density at radius 1 is 1.35 bits per heavy atom. The van der Waals surface area contributed by atoms with Gasteiger partial charge in [-0.15, -0.1) is 0 Å². The summed E-state index contributed by atoms with van der Waals surface area (Å²) in [5, 5.41) is 14.7. The molecule has 8 heteroatoms. The number of aliphatic hydroxyl groups is 1. The smallest absolute Gasteiger partial charge is 0.275 e. The predicted molar refractivity (Wildman–Crippen MR) is 93.8 cm³/mol. The second-order valence-corrected chi connectivity index (χ2v) is 7.10. The van der Waals surface area contributed by atoms with E-state index >= 15 is 0 Å². The summed E-state index contributed by atoms with van der Waals surface area (Å²) in [6.45, 7) is 1.49. The lowest BCUT2D eigenvalue weighted by atomic mass is 9.92. The van der Waals surface area contributed by atoms with Crippen molar-refractivity contribution in [3.05, 3.63) is 47.2 Å². The Balaban J connectivity index is 1.72. The SMILES string of the molecule is CC(O)(C(=O)N1CCC(c2ccnn2-c2cccc(Cl)c2)CC1)C(F)F. The van der Waals surface area contributed by atoms with Crippen LogP contribution in [0.25, 0.3) is 5.69 Å². The van der Waals surface area contributed by atoms with E-state index in [1.165, 1.54) is 4.90 Å². The summed E-state index contributed by atoms with van der Waals surface area (Å²) < 4.78 is 27.6. The number of hydrogen-bond acceptors (Lipinski definition) is 3. The highest BCUT2D eigenvalue weighted by Crippen LogP contribution is 2.31. The van der Waals surface area contributed by atoms with E-state index in [1.54, 1.807) is 12.3 Å². The fourth-order valence-corrected chi connectivity index (χ4v) is 3.42. The number of amides is 1. The van der Waals surface area contributed by atoms with Crippen molar-refractivity contribution in [3.63, 3.8) is 0 Å². The fourth-order valence-electron chi connectivity index (χ4n) is 3.24. The van der Waals surface area contributed by atoms with Gasteiger partial charge in [0.1, 0.15) is 0 Å². The van der Waals surface area contributed by atoms with E-state index in [0.29, 0.717) is 31.0 Å². The van der Waals surface area contributed by atoms with Crippen LogP contribution in [0.2, 0.25) is 5.02 Å². The molecule has 1 amide bonds. The van der Waals surface area contributed by atoms with Crippen molar-refractivity contribution in [3.8, 4) is 5.69 Å². The molecule has 0 radical (unpaired) electrons. The summed E-state index contributed by atoms with van der Waals surface area (Å²) in [5.41, 5.74) is -0.813. The molecule has 1 unspecified atom stereocenters. The summed E-state index contributed by atoms with van der Waals surface area (Å²) in [6.07, 6.45) is -0.193. The number of rotatable bonds is 4. The summed E-state index contributed by atoms with van der Waals surface area (Å²) in [5.74, 6) is -0.786. The monoisotopic (exact) mass is 383 g/mol. The molecular formula is C18H20ClF2N3O2. The molecule has 1 atom stereocenters. The van der Waals surface area contributed by atoms with E-state index in [1.807, 2.05) is 28.9 Å². The molecule has 1 saturated heterocycles. The molecule has 1 N–H and O–H groups in total. The molecule has 0 aliphatic carbocycles. The van der Waals surface area contributed by atoms with Crippen molar-refractivity contribution in [2.75, 3.05) is 13.1 Å². The molecule has 0 saturated carbocycles. The summed E-state index contributed by atoms with van der Waals surface area (Å²) in [6, 6.07) is 9.26. The van der Waals surface area contributed by atoms with Gasteiger partial charge < -0.3 is 10.0 Å². The summed E-state index contributed by atoms with van der Waals surface area (Å²) in [7, 11) is 0. The lowest BCUT2D eigenvalue weighted by Crippen LogP contribution is -2.53. The van der Waals surface area contributed by atoms with E-state index in [0.717, 1.165) is 18.3 Å². The topological polar surface area (TPSA) is 58.4 Å². The van der Waals surface area contributed by atoms with Crippen molar-refractivity contribution in [1.29, 1.82) is 0 Å². The second-order valence-electron chi connectivity index (χ2n) is 6.66. The molecule has 0 bridgehead atoms. The Hall–Kier alpha value is -1.99. The van der Waals surface area contributed by atoms with Gasteiger partial charge in [0.05, 0.1) is 5.69 Å². The Morgan fingerprint density at radius 2 is 2.04 bits per heavy atom. The van der Waals surface area contributed by atoms with Crippen LogP contribution in [0.4, 0.5) is 8.78 Å². The maximum atomic E-state index is 12.9. The molecule has 1 fully saturated rings. The molecular weight excluding hydrogens is 364 g/mol. The lowest BCUT2D eigenvalue weighted by molar-refractivity contribution is -0.166. The molecule has 3 rings (SSSR count). The molecule has 2 aromatic rings. The van der Waals surface area contributed by atoms with Crippen LogP contribution in [0, 0.1) is 0 Å². The molecule has 5 nitrogen and oxygen atoms in total. The zero-order valence-corrected chi connectivity index (χ0v) is 15.0. The van der Waals surface area contributed by atoms with Crippen molar-refractivity contribution in [2.45, 2.75) is 37.7 Å². The van der Waals surface area contributed by atoms with Crippen molar-refractivity contribution >= 4 is 17.5 Å². The van der Waals surface area contributed by atoms with Gasteiger partial charge in [0.15, 0.2) is 0 Å². The van der Waals surface area contributed by atoms with E-state index in [4.69, 9.17) is 11.6 Å². The van der Waals surface area contributed by atoms with Gasteiger partial charge in [-0.2, -0.15) is 5.10 Å². The third-order valence-electron chi connectivity index (χ3n) is 4.78. The van der Waals surface area contributed by atoms with Crippen molar-refractivity contribution in [1.82, 2.24) is 14.7 Å². The minimum absolute atomic E-state index is 0.136. The predicted octanol–water partition coefficient (Wildman–Crippen LogP) is 3.25. The number of carbonyl (C=O) groups excluding carboxylic acids is 1. The highest BCUT2D eigenvalue weighted by atomic mass is 35.5. The molecule has 2 heterocycles. The van der Waals surface area contributed by atoms with Gasteiger partial charge in [-0.05, 0) is 44.0 Å². The van der Waals surface area contributed by atoms with Crippen molar-refractivity contribution < 1.29 is 18.7 Å². The van der Waals surface area contributed by atoms with Crippen LogP contribution in [-0.4, -0.2) is 50.8 Å². The number of carbonyl (C=O) groups is 1. The second kappa shape index (κ2) is 7.32. The van der Waals surface area contributed by atoms with E-state index in [9.17, 15) is 18.7 Å². The van der Waals surface area contributed by atoms with Gasteiger partial charge in [0, 0.05) is 35.9 Å². The molecule has 0 spiro atoms. The van der Waals surface area contributed by atoms with Crippen LogP contribution in [0.15, 0.2) is 36.5 Å². The van der Waals surface area contributed by atoms with Crippen LogP contribution in [0.5, 0.6) is 0 Å². The molecule has 140 valence electrons. The minimum Gasteiger partial charge on any atom is -0.375 e. The number of nitrogens with zero attached hydrogens (tertiary/aromatic N) is 3. The summed E-state index contributed by atoms with van der Waals surface area (Å²) in [4.78, 5) is 13.5. The first-order valence-corrected chi connectivity index (χ1v) is 8.78. The maximum absolute atomic E-state index is 12.9. The van der Waals surface area contributed by atoms with Crippen LogP contribution in [0.1, 0.15) is 31.4 Å². The Bertz CT molecular complexity index is 786. The molecule has 1 aromatic heterocycles. The van der Waals surface area contributed by atoms with Gasteiger partial charge in [0.25, 0.3) is 12.3 Å². The van der Waals surface area contributed by atoms with Crippen molar-refractivity contribution in [2.24, 2.45) is 0 Å². The van der Waals surface area contributed by atoms with Crippen LogP contribution >= 0.6 is 11.6 Å². The number of alkyl halides is 2. The number of likely N-dealkylation sites (tertiary alicyclic amines) is 1. The first kappa shape index (κ1) is 18.8. The van der Waals surface area contributed by atoms with Crippen LogP contribution < -0.4 is 0 Å². The van der Waals surface area contributed by atoms with E-state index < -0.39 is 17.9 Å². The fraction of sp³-hybridized carbons (Fsp3) is 0.444. The zero-order valence-electron chi connectivity index (χ0n) is 14.3. The maximum Gasteiger partial charge on any atom is 0.275 e. The van der Waals surface area contributed by atoms with Gasteiger partial charge in [-0.3, -0.25) is 4.79 Å². The number of hydrogen-bond donors (Lipinski definition) is 1. The van der Waals surface area contributed by atoms with E-state index in [2.05, 4.69) is 5.10 Å². The van der Waals surface area contributed by atoms with Gasteiger partial charge in [0.2, 0.25) is 5.60 Å². The average Bonchev–Trinajstić information content (AvgIpc) is 3.11. The number of piperidine rings is 1. The zero-order chi connectivity index (χ0) is 18.9. The Labute approximate surface area is 155 Å². The van der Waals surface area contributed by atoms with Gasteiger partial charge in [-0.1, -0.05) is 17.7 Å². The van der Waals surface area contributed by atoms with Crippen LogP contribution in [-0.2, 0) is 4.79 Å². The third-order valence-corrected chi connectivity index (χ3v) is 5.02. The van der Waals surface area contributed by atoms with Gasteiger partial charge >= 0.3 is 0 Å². The number of aromatic nitrogens is 2. The number of halogens is 3. The summed E-state index contributed by atoms with van der Waals surface area (Å²) >= 11 is 6.05. The van der Waals surface area contributed by atoms with Crippen LogP contribution in [0.3, 0.4) is 0 Å². The normalized spacial score (nSPS) is 18.2. The Morgan fingerprint density at radius 3 is 2.65 bits per heavy atom. The third kappa shape index (κ3) is 3.59. The largest absolute Gasteiger partial charge is 0.375 e. The lowest BCUT2D eigenvalue weighted by Gasteiger charge is -2.36. The standard InChI is InChI=1S/C18H20ClF2N3O2/c1-18(26,16(20)21)17(25)23-9-6-12(7-10-23)15-5-8-22-24(15)14-4-2-3-13(19)11-14/h2-5,8,11-12,16,26H,6-7,9-10H2,1H3. The molecule has 1 aromatic carbocycles. The first-order valence-electron chi connectivity index (χ1n) is 8.40. The number of benzene rings is 1. The molecule has 26 heavy (non-hydrogen) atoms. The first-order chi connectivity index (χ1) is 12.3.